The summed E-state index contributed by atoms with van der Waals surface area (Å²) in [5, 5.41) is 7.40. The Morgan fingerprint density at radius 1 is 1.40 bits per heavy atom. The summed E-state index contributed by atoms with van der Waals surface area (Å²) in [6.45, 7) is 0. The lowest BCUT2D eigenvalue weighted by atomic mass is 10.1. The fourth-order valence-electron chi connectivity index (χ4n) is 1.70. The molecule has 0 saturated carbocycles. The van der Waals surface area contributed by atoms with Crippen LogP contribution >= 0.6 is 0 Å². The molecule has 0 aromatic carbocycles. The standard InChI is InChI=1S/C10H15N5/c1-11-10(8-6-14(2)7-12-8)9-4-5-13-15(9)3/h4-7,10-11H,1-3H3. The van der Waals surface area contributed by atoms with Crippen LogP contribution in [0.3, 0.4) is 0 Å². The van der Waals surface area contributed by atoms with Gasteiger partial charge in [0, 0.05) is 26.5 Å². The van der Waals surface area contributed by atoms with E-state index in [0.29, 0.717) is 0 Å². The van der Waals surface area contributed by atoms with Crippen molar-refractivity contribution in [1.82, 2.24) is 24.6 Å². The molecule has 5 heteroatoms. The Hall–Kier alpha value is -1.62. The van der Waals surface area contributed by atoms with Crippen LogP contribution in [0.4, 0.5) is 0 Å². The van der Waals surface area contributed by atoms with E-state index >= 15 is 0 Å². The Bertz CT molecular complexity index is 442. The SMILES string of the molecule is CNC(c1cn(C)cn1)c1ccnn1C. The topological polar surface area (TPSA) is 47.7 Å². The molecule has 5 nitrogen and oxygen atoms in total. The minimum absolute atomic E-state index is 0.0960. The molecule has 0 saturated heterocycles. The van der Waals surface area contributed by atoms with Crippen LogP contribution in [0.1, 0.15) is 17.4 Å². The summed E-state index contributed by atoms with van der Waals surface area (Å²) in [4.78, 5) is 4.34. The first-order valence-electron chi connectivity index (χ1n) is 4.85. The molecule has 1 N–H and O–H groups in total. The number of aromatic nitrogens is 4. The predicted octanol–water partition coefficient (Wildman–Crippen LogP) is 0.462. The van der Waals surface area contributed by atoms with E-state index < -0.39 is 0 Å². The van der Waals surface area contributed by atoms with Crippen LogP contribution in [0.15, 0.2) is 24.8 Å². The average Bonchev–Trinajstić information content (AvgIpc) is 2.79. The molecule has 0 aliphatic rings. The summed E-state index contributed by atoms with van der Waals surface area (Å²) >= 11 is 0. The molecule has 0 aliphatic heterocycles. The number of rotatable bonds is 3. The summed E-state index contributed by atoms with van der Waals surface area (Å²) in [5.74, 6) is 0. The van der Waals surface area contributed by atoms with Gasteiger partial charge in [-0.15, -0.1) is 0 Å². The van der Waals surface area contributed by atoms with Crippen molar-refractivity contribution in [2.24, 2.45) is 14.1 Å². The van der Waals surface area contributed by atoms with Crippen LogP contribution in [0.25, 0.3) is 0 Å². The summed E-state index contributed by atoms with van der Waals surface area (Å²) in [5.41, 5.74) is 2.11. The Kier molecular flexibility index (Phi) is 2.55. The molecule has 0 fully saturated rings. The molecule has 0 spiro atoms. The highest BCUT2D eigenvalue weighted by atomic mass is 15.3. The van der Waals surface area contributed by atoms with Gasteiger partial charge in [0.05, 0.1) is 23.8 Å². The maximum atomic E-state index is 4.34. The average molecular weight is 205 g/mol. The highest BCUT2D eigenvalue weighted by molar-refractivity contribution is 5.19. The van der Waals surface area contributed by atoms with Crippen molar-refractivity contribution < 1.29 is 0 Å². The van der Waals surface area contributed by atoms with Crippen LogP contribution in [0, 0.1) is 0 Å². The molecular weight excluding hydrogens is 190 g/mol. The van der Waals surface area contributed by atoms with E-state index in [4.69, 9.17) is 0 Å². The van der Waals surface area contributed by atoms with Crippen LogP contribution in [-0.4, -0.2) is 26.4 Å². The summed E-state index contributed by atoms with van der Waals surface area (Å²) in [7, 11) is 5.82. The number of nitrogens with zero attached hydrogens (tertiary/aromatic N) is 4. The van der Waals surface area contributed by atoms with Crippen molar-refractivity contribution in [3.05, 3.63) is 36.2 Å². The van der Waals surface area contributed by atoms with E-state index in [-0.39, 0.29) is 6.04 Å². The molecule has 0 amide bonds. The quantitative estimate of drug-likeness (QED) is 0.792. The molecule has 1 atom stereocenters. The molecule has 0 aliphatic carbocycles. The van der Waals surface area contributed by atoms with Crippen molar-refractivity contribution in [3.63, 3.8) is 0 Å². The van der Waals surface area contributed by atoms with Crippen LogP contribution in [0.2, 0.25) is 0 Å². The van der Waals surface area contributed by atoms with Crippen molar-refractivity contribution in [3.8, 4) is 0 Å². The first-order chi connectivity index (χ1) is 7.22. The van der Waals surface area contributed by atoms with E-state index in [2.05, 4.69) is 15.4 Å². The molecule has 2 rings (SSSR count). The monoisotopic (exact) mass is 205 g/mol. The van der Waals surface area contributed by atoms with E-state index in [9.17, 15) is 0 Å². The van der Waals surface area contributed by atoms with E-state index in [1.54, 1.807) is 12.5 Å². The zero-order valence-corrected chi connectivity index (χ0v) is 9.18. The predicted molar refractivity (Wildman–Crippen MR) is 57.3 cm³/mol. The van der Waals surface area contributed by atoms with Crippen LogP contribution in [0.5, 0.6) is 0 Å². The highest BCUT2D eigenvalue weighted by Gasteiger charge is 2.17. The number of imidazole rings is 1. The third-order valence-electron chi connectivity index (χ3n) is 2.46. The molecule has 1 unspecified atom stereocenters. The largest absolute Gasteiger partial charge is 0.340 e. The number of hydrogen-bond donors (Lipinski definition) is 1. The van der Waals surface area contributed by atoms with E-state index in [1.165, 1.54) is 0 Å². The lowest BCUT2D eigenvalue weighted by Crippen LogP contribution is -2.20. The van der Waals surface area contributed by atoms with Crippen molar-refractivity contribution in [2.45, 2.75) is 6.04 Å². The lowest BCUT2D eigenvalue weighted by molar-refractivity contribution is 0.596. The van der Waals surface area contributed by atoms with Gasteiger partial charge in [-0.05, 0) is 13.1 Å². The minimum atomic E-state index is 0.0960. The number of hydrogen-bond acceptors (Lipinski definition) is 3. The second kappa shape index (κ2) is 3.86. The second-order valence-corrected chi connectivity index (χ2v) is 3.57. The maximum Gasteiger partial charge on any atom is 0.0947 e. The van der Waals surface area contributed by atoms with Gasteiger partial charge in [-0.2, -0.15) is 5.10 Å². The van der Waals surface area contributed by atoms with Gasteiger partial charge in [-0.25, -0.2) is 4.98 Å². The third kappa shape index (κ3) is 1.78. The zero-order chi connectivity index (χ0) is 10.8. The van der Waals surface area contributed by atoms with Crippen LogP contribution in [-0.2, 0) is 14.1 Å². The van der Waals surface area contributed by atoms with Gasteiger partial charge in [0.15, 0.2) is 0 Å². The summed E-state index contributed by atoms with van der Waals surface area (Å²) < 4.78 is 3.80. The van der Waals surface area contributed by atoms with Crippen molar-refractivity contribution >= 4 is 0 Å². The molecule has 2 aromatic heterocycles. The van der Waals surface area contributed by atoms with Gasteiger partial charge in [0.1, 0.15) is 0 Å². The smallest absolute Gasteiger partial charge is 0.0947 e. The fraction of sp³-hybridized carbons (Fsp3) is 0.400. The second-order valence-electron chi connectivity index (χ2n) is 3.57. The van der Waals surface area contributed by atoms with Crippen LogP contribution < -0.4 is 5.32 Å². The normalized spacial score (nSPS) is 13.0. The summed E-state index contributed by atoms with van der Waals surface area (Å²) in [6, 6.07) is 2.09. The molecule has 0 radical (unpaired) electrons. The molecular formula is C10H15N5. The van der Waals surface area contributed by atoms with Gasteiger partial charge in [-0.1, -0.05) is 0 Å². The zero-order valence-electron chi connectivity index (χ0n) is 9.18. The molecule has 0 bridgehead atoms. The fourth-order valence-corrected chi connectivity index (χ4v) is 1.70. The van der Waals surface area contributed by atoms with Gasteiger partial charge >= 0.3 is 0 Å². The van der Waals surface area contributed by atoms with Gasteiger partial charge < -0.3 is 9.88 Å². The Morgan fingerprint density at radius 2 is 2.20 bits per heavy atom. The van der Waals surface area contributed by atoms with Crippen molar-refractivity contribution in [2.75, 3.05) is 7.05 Å². The lowest BCUT2D eigenvalue weighted by Gasteiger charge is -2.13. The van der Waals surface area contributed by atoms with Crippen molar-refractivity contribution in [1.29, 1.82) is 0 Å². The minimum Gasteiger partial charge on any atom is -0.340 e. The molecule has 2 aromatic rings. The Labute approximate surface area is 88.7 Å². The highest BCUT2D eigenvalue weighted by Crippen LogP contribution is 2.18. The van der Waals surface area contributed by atoms with Gasteiger partial charge in [0.25, 0.3) is 0 Å². The molecule has 80 valence electrons. The first kappa shape index (κ1) is 9.92. The van der Waals surface area contributed by atoms with E-state index in [0.717, 1.165) is 11.4 Å². The Morgan fingerprint density at radius 3 is 2.67 bits per heavy atom. The van der Waals surface area contributed by atoms with E-state index in [1.807, 2.05) is 42.7 Å². The van der Waals surface area contributed by atoms with Gasteiger partial charge in [-0.3, -0.25) is 4.68 Å². The Balaban J connectivity index is 2.36. The van der Waals surface area contributed by atoms with Gasteiger partial charge in [0.2, 0.25) is 0 Å². The molecule has 15 heavy (non-hydrogen) atoms. The first-order valence-corrected chi connectivity index (χ1v) is 4.85. The molecule has 2 heterocycles. The number of aryl methyl sites for hydroxylation is 2. The number of nitrogens with one attached hydrogen (secondary N) is 1. The maximum absolute atomic E-state index is 4.34. The summed E-state index contributed by atoms with van der Waals surface area (Å²) in [6.07, 6.45) is 5.60. The third-order valence-corrected chi connectivity index (χ3v) is 2.46.